The smallest absolute Gasteiger partial charge is 0.338 e. The van der Waals surface area contributed by atoms with Crippen molar-refractivity contribution in [2.75, 3.05) is 53.0 Å². The van der Waals surface area contributed by atoms with E-state index < -0.39 is 17.8 Å². The summed E-state index contributed by atoms with van der Waals surface area (Å²) in [6, 6.07) is 11.7. The van der Waals surface area contributed by atoms with Crippen molar-refractivity contribution >= 4 is 17.9 Å². The van der Waals surface area contributed by atoms with Gasteiger partial charge < -0.3 is 19.7 Å². The number of nitrogens with one attached hydrogen (secondary N) is 1. The molecule has 2 aromatic rings. The summed E-state index contributed by atoms with van der Waals surface area (Å²) in [4.78, 5) is 44.7. The Morgan fingerprint density at radius 2 is 1.76 bits per heavy atom. The highest BCUT2D eigenvalue weighted by atomic mass is 19.1. The van der Waals surface area contributed by atoms with E-state index in [4.69, 9.17) is 9.47 Å². The first-order valence-electron chi connectivity index (χ1n) is 12.8. The Bertz CT molecular complexity index is 1210. The van der Waals surface area contributed by atoms with Crippen molar-refractivity contribution in [3.8, 4) is 5.75 Å². The van der Waals surface area contributed by atoms with E-state index in [0.717, 1.165) is 0 Å². The van der Waals surface area contributed by atoms with Gasteiger partial charge in [0.05, 0.1) is 25.3 Å². The average molecular weight is 525 g/mol. The van der Waals surface area contributed by atoms with Gasteiger partial charge in [-0.25, -0.2) is 14.0 Å². The van der Waals surface area contributed by atoms with Gasteiger partial charge in [0.2, 0.25) is 0 Å². The van der Waals surface area contributed by atoms with E-state index in [9.17, 15) is 18.8 Å². The first kappa shape index (κ1) is 27.1. The quantitative estimate of drug-likeness (QED) is 0.534. The first-order valence-corrected chi connectivity index (χ1v) is 12.8. The van der Waals surface area contributed by atoms with Crippen LogP contribution < -0.4 is 10.1 Å². The lowest BCUT2D eigenvalue weighted by Gasteiger charge is -2.40. The molecule has 0 saturated carbocycles. The predicted molar refractivity (Wildman–Crippen MR) is 139 cm³/mol. The first-order chi connectivity index (χ1) is 18.4. The van der Waals surface area contributed by atoms with Crippen LogP contribution in [0.4, 0.5) is 9.18 Å². The molecular formula is C28H33FN4O5. The van der Waals surface area contributed by atoms with Gasteiger partial charge in [0.15, 0.2) is 0 Å². The fourth-order valence-corrected chi connectivity index (χ4v) is 4.83. The van der Waals surface area contributed by atoms with Crippen LogP contribution in [-0.2, 0) is 9.53 Å². The minimum absolute atomic E-state index is 0.0582. The number of urea groups is 1. The molecule has 0 bridgehead atoms. The summed E-state index contributed by atoms with van der Waals surface area (Å²) in [6.07, 6.45) is 0. The largest absolute Gasteiger partial charge is 0.497 e. The summed E-state index contributed by atoms with van der Waals surface area (Å²) in [6.45, 7) is 6.48. The topological polar surface area (TPSA) is 91.4 Å². The Hall–Kier alpha value is -3.92. The van der Waals surface area contributed by atoms with Crippen LogP contribution in [0.25, 0.3) is 0 Å². The summed E-state index contributed by atoms with van der Waals surface area (Å²) in [7, 11) is 1.58. The highest BCUT2D eigenvalue weighted by Crippen LogP contribution is 2.32. The molecule has 2 aromatic carbocycles. The number of ether oxygens (including phenoxy) is 2. The van der Waals surface area contributed by atoms with E-state index >= 15 is 0 Å². The normalized spacial score (nSPS) is 18.3. The van der Waals surface area contributed by atoms with Crippen molar-refractivity contribution in [3.05, 3.63) is 76.7 Å². The number of carbonyl (C=O) groups excluding carboxylic acids is 3. The highest BCUT2D eigenvalue weighted by Gasteiger charge is 2.38. The van der Waals surface area contributed by atoms with E-state index in [1.54, 1.807) is 55.3 Å². The van der Waals surface area contributed by atoms with Crippen LogP contribution in [0.3, 0.4) is 0 Å². The Kier molecular flexibility index (Phi) is 8.62. The van der Waals surface area contributed by atoms with Crippen molar-refractivity contribution in [1.29, 1.82) is 0 Å². The Morgan fingerprint density at radius 1 is 1.05 bits per heavy atom. The zero-order chi connectivity index (χ0) is 27.2. The van der Waals surface area contributed by atoms with Gasteiger partial charge in [-0.1, -0.05) is 12.1 Å². The number of halogens is 1. The molecule has 0 radical (unpaired) electrons. The molecule has 3 amide bonds. The van der Waals surface area contributed by atoms with Gasteiger partial charge in [-0.2, -0.15) is 0 Å². The Balaban J connectivity index is 1.57. The molecule has 0 unspecified atom stereocenters. The van der Waals surface area contributed by atoms with Gasteiger partial charge in [-0.3, -0.25) is 14.6 Å². The molecule has 1 N–H and O–H groups in total. The van der Waals surface area contributed by atoms with Crippen LogP contribution in [0.2, 0.25) is 0 Å². The van der Waals surface area contributed by atoms with Gasteiger partial charge in [0.1, 0.15) is 11.6 Å². The van der Waals surface area contributed by atoms with Gasteiger partial charge >= 0.3 is 12.0 Å². The molecule has 2 heterocycles. The molecule has 2 aliphatic heterocycles. The second-order valence-electron chi connectivity index (χ2n) is 9.06. The number of amides is 3. The molecule has 1 atom stereocenters. The van der Waals surface area contributed by atoms with E-state index in [0.29, 0.717) is 61.8 Å². The third-order valence-electron chi connectivity index (χ3n) is 6.80. The molecule has 9 nitrogen and oxygen atoms in total. The molecule has 4 rings (SSSR count). The SMILES string of the molecule is CCOC(=O)C1=C(CN2CCN(C(=O)c3ccc(OC)cc3)CC2)N(CC)C(=O)N[C@H]1c1cccc(F)c1. The fourth-order valence-electron chi connectivity index (χ4n) is 4.83. The maximum absolute atomic E-state index is 14.1. The second kappa shape index (κ2) is 12.1. The molecule has 38 heavy (non-hydrogen) atoms. The van der Waals surface area contributed by atoms with Crippen molar-refractivity contribution < 1.29 is 28.2 Å². The van der Waals surface area contributed by atoms with Gasteiger partial charge in [-0.05, 0) is 55.8 Å². The van der Waals surface area contributed by atoms with E-state index in [-0.39, 0.29) is 24.1 Å². The number of hydrogen-bond acceptors (Lipinski definition) is 6. The number of benzene rings is 2. The van der Waals surface area contributed by atoms with Crippen LogP contribution >= 0.6 is 0 Å². The number of hydrogen-bond donors (Lipinski definition) is 1. The number of carbonyl (C=O) groups is 3. The van der Waals surface area contributed by atoms with E-state index in [2.05, 4.69) is 10.2 Å². The predicted octanol–water partition coefficient (Wildman–Crippen LogP) is 3.20. The Labute approximate surface area is 221 Å². The minimum Gasteiger partial charge on any atom is -0.497 e. The standard InChI is InChI=1S/C28H33FN4O5/c1-4-33-23(18-31-13-15-32(16-14-31)26(34)19-9-11-22(37-3)12-10-19)24(27(35)38-5-2)25(30-28(33)36)20-7-6-8-21(29)17-20/h6-12,17,25H,4-5,13-16,18H2,1-3H3,(H,30,36)/t25-/m0/s1. The average Bonchev–Trinajstić information content (AvgIpc) is 2.93. The maximum atomic E-state index is 14.1. The monoisotopic (exact) mass is 524 g/mol. The molecule has 2 aliphatic rings. The van der Waals surface area contributed by atoms with E-state index in [1.165, 1.54) is 17.0 Å². The number of nitrogens with zero attached hydrogens (tertiary/aromatic N) is 3. The second-order valence-corrected chi connectivity index (χ2v) is 9.06. The third kappa shape index (κ3) is 5.80. The lowest BCUT2D eigenvalue weighted by Crippen LogP contribution is -2.53. The fraction of sp³-hybridized carbons (Fsp3) is 0.393. The lowest BCUT2D eigenvalue weighted by atomic mass is 9.94. The van der Waals surface area contributed by atoms with Crippen LogP contribution in [0.5, 0.6) is 5.75 Å². The van der Waals surface area contributed by atoms with Crippen molar-refractivity contribution in [3.63, 3.8) is 0 Å². The van der Waals surface area contributed by atoms with E-state index in [1.807, 2.05) is 6.92 Å². The van der Waals surface area contributed by atoms with Crippen molar-refractivity contribution in [1.82, 2.24) is 20.0 Å². The Morgan fingerprint density at radius 3 is 2.37 bits per heavy atom. The number of esters is 1. The number of piperazine rings is 1. The van der Waals surface area contributed by atoms with Gasteiger partial charge in [-0.15, -0.1) is 0 Å². The maximum Gasteiger partial charge on any atom is 0.338 e. The number of likely N-dealkylation sites (N-methyl/N-ethyl adjacent to an activating group) is 1. The van der Waals surface area contributed by atoms with Crippen LogP contribution in [0, 0.1) is 5.82 Å². The molecule has 0 spiro atoms. The molecule has 10 heteroatoms. The third-order valence-corrected chi connectivity index (χ3v) is 6.80. The summed E-state index contributed by atoms with van der Waals surface area (Å²) in [5, 5.41) is 2.85. The summed E-state index contributed by atoms with van der Waals surface area (Å²) < 4.78 is 24.6. The van der Waals surface area contributed by atoms with Gasteiger partial charge in [0.25, 0.3) is 5.91 Å². The zero-order valence-electron chi connectivity index (χ0n) is 21.9. The zero-order valence-corrected chi connectivity index (χ0v) is 21.9. The van der Waals surface area contributed by atoms with Crippen LogP contribution in [0.1, 0.15) is 35.8 Å². The molecular weight excluding hydrogens is 491 g/mol. The van der Waals surface area contributed by atoms with Gasteiger partial charge in [0, 0.05) is 50.5 Å². The van der Waals surface area contributed by atoms with Crippen LogP contribution in [-0.4, -0.2) is 85.6 Å². The minimum atomic E-state index is -0.840. The summed E-state index contributed by atoms with van der Waals surface area (Å²) in [5.74, 6) is -0.386. The molecule has 202 valence electrons. The highest BCUT2D eigenvalue weighted by molar-refractivity contribution is 5.95. The summed E-state index contributed by atoms with van der Waals surface area (Å²) >= 11 is 0. The van der Waals surface area contributed by atoms with Crippen LogP contribution in [0.15, 0.2) is 59.8 Å². The molecule has 0 aliphatic carbocycles. The van der Waals surface area contributed by atoms with Crippen molar-refractivity contribution in [2.24, 2.45) is 0 Å². The van der Waals surface area contributed by atoms with Crippen molar-refractivity contribution in [2.45, 2.75) is 19.9 Å². The lowest BCUT2D eigenvalue weighted by molar-refractivity contribution is -0.139. The molecule has 1 saturated heterocycles. The number of methoxy groups -OCH3 is 1. The molecule has 0 aromatic heterocycles. The summed E-state index contributed by atoms with van der Waals surface area (Å²) in [5.41, 5.74) is 1.87. The molecule has 1 fully saturated rings. The number of rotatable bonds is 8.